The van der Waals surface area contributed by atoms with E-state index in [-0.39, 0.29) is 6.04 Å². The summed E-state index contributed by atoms with van der Waals surface area (Å²) in [6.07, 6.45) is 0.370. The highest BCUT2D eigenvalue weighted by Gasteiger charge is 2.27. The standard InChI is InChI=1S/C31H33NOS/c33-31(25-34-24-29-19-11-4-12-20-29)30(21-26-13-5-1-6-14-26)32(22-27-15-7-2-8-16-27)23-28-17-9-3-10-18-28/h1-20,30-31,33H,21-25H2/t30-,31+/m0/s1. The molecule has 0 unspecified atom stereocenters. The highest BCUT2D eigenvalue weighted by Crippen LogP contribution is 2.23. The molecule has 0 radical (unpaired) electrons. The number of aliphatic hydroxyl groups excluding tert-OH is 1. The van der Waals surface area contributed by atoms with Crippen LogP contribution in [0.15, 0.2) is 121 Å². The van der Waals surface area contributed by atoms with Crippen molar-refractivity contribution in [1.29, 1.82) is 0 Å². The first kappa shape index (κ1) is 24.3. The summed E-state index contributed by atoms with van der Waals surface area (Å²) in [7, 11) is 0. The molecule has 1 N–H and O–H groups in total. The van der Waals surface area contributed by atoms with Gasteiger partial charge >= 0.3 is 0 Å². The second kappa shape index (κ2) is 13.1. The van der Waals surface area contributed by atoms with Crippen molar-refractivity contribution < 1.29 is 5.11 Å². The van der Waals surface area contributed by atoms with Gasteiger partial charge in [-0.3, -0.25) is 4.90 Å². The lowest BCUT2D eigenvalue weighted by Gasteiger charge is -2.35. The van der Waals surface area contributed by atoms with E-state index in [0.29, 0.717) is 5.75 Å². The minimum atomic E-state index is -0.443. The number of benzene rings is 4. The van der Waals surface area contributed by atoms with Crippen LogP contribution in [0.4, 0.5) is 0 Å². The molecule has 4 aromatic rings. The zero-order chi connectivity index (χ0) is 23.4. The Morgan fingerprint density at radius 1 is 0.559 bits per heavy atom. The van der Waals surface area contributed by atoms with Gasteiger partial charge in [-0.15, -0.1) is 0 Å². The molecule has 0 bridgehead atoms. The molecule has 3 heteroatoms. The zero-order valence-electron chi connectivity index (χ0n) is 19.5. The third-order valence-electron chi connectivity index (χ3n) is 6.06. The Morgan fingerprint density at radius 2 is 0.971 bits per heavy atom. The molecule has 34 heavy (non-hydrogen) atoms. The molecule has 0 heterocycles. The van der Waals surface area contributed by atoms with Crippen LogP contribution >= 0.6 is 11.8 Å². The molecule has 2 nitrogen and oxygen atoms in total. The maximum absolute atomic E-state index is 11.5. The van der Waals surface area contributed by atoms with Gasteiger partial charge in [-0.1, -0.05) is 121 Å². The number of hydrogen-bond donors (Lipinski definition) is 1. The lowest BCUT2D eigenvalue weighted by Crippen LogP contribution is -2.45. The van der Waals surface area contributed by atoms with Gasteiger partial charge in [-0.2, -0.15) is 11.8 Å². The predicted molar refractivity (Wildman–Crippen MR) is 145 cm³/mol. The minimum Gasteiger partial charge on any atom is -0.391 e. The molecular formula is C31H33NOS. The zero-order valence-corrected chi connectivity index (χ0v) is 20.4. The predicted octanol–water partition coefficient (Wildman–Crippen LogP) is 6.59. The summed E-state index contributed by atoms with van der Waals surface area (Å²) in [4.78, 5) is 2.45. The van der Waals surface area contributed by atoms with E-state index >= 15 is 0 Å². The SMILES string of the molecule is O[C@H](CSCc1ccccc1)[C@H](Cc1ccccc1)N(Cc1ccccc1)Cc1ccccc1. The van der Waals surface area contributed by atoms with E-state index < -0.39 is 6.10 Å². The van der Waals surface area contributed by atoms with Gasteiger partial charge in [0.15, 0.2) is 0 Å². The fourth-order valence-electron chi connectivity index (χ4n) is 4.27. The Bertz CT molecular complexity index is 1030. The molecule has 0 aliphatic rings. The number of aliphatic hydroxyl groups is 1. The first-order valence-electron chi connectivity index (χ1n) is 11.9. The first-order valence-corrected chi connectivity index (χ1v) is 13.1. The van der Waals surface area contributed by atoms with Crippen LogP contribution < -0.4 is 0 Å². The van der Waals surface area contributed by atoms with Crippen LogP contribution in [0.3, 0.4) is 0 Å². The fourth-order valence-corrected chi connectivity index (χ4v) is 5.28. The molecule has 174 valence electrons. The van der Waals surface area contributed by atoms with Crippen molar-refractivity contribution in [3.63, 3.8) is 0 Å². The van der Waals surface area contributed by atoms with E-state index in [2.05, 4.69) is 120 Å². The van der Waals surface area contributed by atoms with Crippen LogP contribution in [0.2, 0.25) is 0 Å². The molecule has 0 amide bonds. The Morgan fingerprint density at radius 3 is 1.44 bits per heavy atom. The summed E-state index contributed by atoms with van der Waals surface area (Å²) in [5.41, 5.74) is 5.08. The van der Waals surface area contributed by atoms with Gasteiger partial charge in [0.2, 0.25) is 0 Å². The van der Waals surface area contributed by atoms with Gasteiger partial charge < -0.3 is 5.11 Å². The van der Waals surface area contributed by atoms with Gasteiger partial charge in [-0.25, -0.2) is 0 Å². The van der Waals surface area contributed by atoms with Gasteiger partial charge in [0.1, 0.15) is 0 Å². The largest absolute Gasteiger partial charge is 0.391 e. The average molecular weight is 468 g/mol. The molecule has 0 fully saturated rings. The fraction of sp³-hybridized carbons (Fsp3) is 0.226. The van der Waals surface area contributed by atoms with Gasteiger partial charge in [-0.05, 0) is 28.7 Å². The quantitative estimate of drug-likeness (QED) is 0.254. The smallest absolute Gasteiger partial charge is 0.0789 e. The monoisotopic (exact) mass is 467 g/mol. The lowest BCUT2D eigenvalue weighted by atomic mass is 9.98. The van der Waals surface area contributed by atoms with Gasteiger partial charge in [0.05, 0.1) is 6.10 Å². The average Bonchev–Trinajstić information content (AvgIpc) is 2.89. The summed E-state index contributed by atoms with van der Waals surface area (Å²) < 4.78 is 0. The van der Waals surface area contributed by atoms with Crippen molar-refractivity contribution in [2.75, 3.05) is 5.75 Å². The normalized spacial score (nSPS) is 13.0. The summed E-state index contributed by atoms with van der Waals surface area (Å²) in [5.74, 6) is 1.61. The Labute approximate surface area is 208 Å². The van der Waals surface area contributed by atoms with E-state index in [1.165, 1.54) is 22.3 Å². The molecule has 0 aromatic heterocycles. The Kier molecular flexibility index (Phi) is 9.39. The van der Waals surface area contributed by atoms with Crippen LogP contribution in [0.25, 0.3) is 0 Å². The van der Waals surface area contributed by atoms with Gasteiger partial charge in [0, 0.05) is 30.6 Å². The van der Waals surface area contributed by atoms with E-state index in [0.717, 1.165) is 25.3 Å². The minimum absolute atomic E-state index is 0.00563. The molecule has 0 aliphatic carbocycles. The van der Waals surface area contributed by atoms with Crippen LogP contribution in [0.1, 0.15) is 22.3 Å². The van der Waals surface area contributed by atoms with Crippen LogP contribution in [0.5, 0.6) is 0 Å². The third-order valence-corrected chi connectivity index (χ3v) is 7.17. The number of rotatable bonds is 12. The second-order valence-electron chi connectivity index (χ2n) is 8.70. The topological polar surface area (TPSA) is 23.5 Å². The van der Waals surface area contributed by atoms with Crippen molar-refractivity contribution >= 4 is 11.8 Å². The Balaban J connectivity index is 1.55. The maximum Gasteiger partial charge on any atom is 0.0789 e. The van der Waals surface area contributed by atoms with E-state index in [9.17, 15) is 5.11 Å². The lowest BCUT2D eigenvalue weighted by molar-refractivity contribution is 0.0534. The molecule has 0 aliphatic heterocycles. The highest BCUT2D eigenvalue weighted by atomic mass is 32.2. The van der Waals surface area contributed by atoms with E-state index in [1.54, 1.807) is 11.8 Å². The summed E-state index contributed by atoms with van der Waals surface area (Å²) in [6.45, 7) is 1.60. The molecule has 2 atom stereocenters. The highest BCUT2D eigenvalue weighted by molar-refractivity contribution is 7.98. The van der Waals surface area contributed by atoms with Crippen molar-refractivity contribution in [3.8, 4) is 0 Å². The van der Waals surface area contributed by atoms with Gasteiger partial charge in [0.25, 0.3) is 0 Å². The molecule has 4 rings (SSSR count). The molecule has 0 saturated carbocycles. The molecule has 4 aromatic carbocycles. The first-order chi connectivity index (χ1) is 16.8. The van der Waals surface area contributed by atoms with Crippen LogP contribution in [-0.4, -0.2) is 27.9 Å². The maximum atomic E-state index is 11.5. The number of hydrogen-bond acceptors (Lipinski definition) is 3. The molecular weight excluding hydrogens is 434 g/mol. The molecule has 0 spiro atoms. The second-order valence-corrected chi connectivity index (χ2v) is 9.73. The van der Waals surface area contributed by atoms with E-state index in [1.807, 2.05) is 6.07 Å². The van der Waals surface area contributed by atoms with Crippen molar-refractivity contribution in [2.24, 2.45) is 0 Å². The number of nitrogens with zero attached hydrogens (tertiary/aromatic N) is 1. The van der Waals surface area contributed by atoms with Crippen LogP contribution in [0, 0.1) is 0 Å². The molecule has 0 saturated heterocycles. The van der Waals surface area contributed by atoms with Crippen molar-refractivity contribution in [2.45, 2.75) is 37.4 Å². The number of thioether (sulfide) groups is 1. The summed E-state index contributed by atoms with van der Waals surface area (Å²) >= 11 is 1.81. The third kappa shape index (κ3) is 7.59. The van der Waals surface area contributed by atoms with Crippen LogP contribution in [-0.2, 0) is 25.3 Å². The van der Waals surface area contributed by atoms with E-state index in [4.69, 9.17) is 0 Å². The van der Waals surface area contributed by atoms with Crippen molar-refractivity contribution in [1.82, 2.24) is 4.90 Å². The summed E-state index contributed by atoms with van der Waals surface area (Å²) in [5, 5.41) is 11.5. The summed E-state index contributed by atoms with van der Waals surface area (Å²) in [6, 6.07) is 42.2. The Hall–Kier alpha value is -2.85. The van der Waals surface area contributed by atoms with Crippen molar-refractivity contribution in [3.05, 3.63) is 144 Å².